The summed E-state index contributed by atoms with van der Waals surface area (Å²) in [6, 6.07) is 3.06. The normalized spacial score (nSPS) is 11.8. The fourth-order valence-corrected chi connectivity index (χ4v) is 1.59. The first kappa shape index (κ1) is 16.9. The zero-order chi connectivity index (χ0) is 15.8. The lowest BCUT2D eigenvalue weighted by Gasteiger charge is -2.16. The number of hydrogen-bond acceptors (Lipinski definition) is 4. The molecule has 1 amide bonds. The van der Waals surface area contributed by atoms with E-state index in [-0.39, 0.29) is 11.3 Å². The Hall–Kier alpha value is -2.15. The number of carbonyl (C=O) groups is 2. The molecule has 1 unspecified atom stereocenters. The minimum absolute atomic E-state index is 0.179. The summed E-state index contributed by atoms with van der Waals surface area (Å²) in [7, 11) is 1.56. The van der Waals surface area contributed by atoms with E-state index in [0.717, 1.165) is 18.2 Å². The van der Waals surface area contributed by atoms with Crippen molar-refractivity contribution in [3.05, 3.63) is 29.6 Å². The number of carboxylic acid groups (broad SMARTS) is 1. The van der Waals surface area contributed by atoms with Crippen LogP contribution in [0.3, 0.4) is 0 Å². The van der Waals surface area contributed by atoms with Gasteiger partial charge in [-0.1, -0.05) is 0 Å². The third-order valence-electron chi connectivity index (χ3n) is 2.67. The van der Waals surface area contributed by atoms with E-state index >= 15 is 0 Å². The van der Waals surface area contributed by atoms with Crippen molar-refractivity contribution in [3.8, 4) is 5.75 Å². The van der Waals surface area contributed by atoms with Gasteiger partial charge in [0.25, 0.3) is 5.91 Å². The second-order valence-corrected chi connectivity index (χ2v) is 4.34. The Kier molecular flexibility index (Phi) is 6.61. The van der Waals surface area contributed by atoms with Crippen LogP contribution >= 0.6 is 0 Å². The first-order chi connectivity index (χ1) is 9.95. The summed E-state index contributed by atoms with van der Waals surface area (Å²) in [4.78, 5) is 22.8. The van der Waals surface area contributed by atoms with Crippen LogP contribution in [0, 0.1) is 5.82 Å². The number of ether oxygens (including phenoxy) is 2. The van der Waals surface area contributed by atoms with Gasteiger partial charge in [0.2, 0.25) is 0 Å². The fraction of sp³-hybridized carbons (Fsp3) is 0.429. The van der Waals surface area contributed by atoms with E-state index in [0.29, 0.717) is 19.6 Å². The first-order valence-corrected chi connectivity index (χ1v) is 6.42. The van der Waals surface area contributed by atoms with Crippen molar-refractivity contribution in [1.29, 1.82) is 0 Å². The highest BCUT2D eigenvalue weighted by Gasteiger charge is 2.19. The molecule has 1 rings (SSSR count). The highest BCUT2D eigenvalue weighted by atomic mass is 19.1. The maximum atomic E-state index is 13.2. The van der Waals surface area contributed by atoms with Crippen LogP contribution in [-0.4, -0.2) is 43.3 Å². The maximum absolute atomic E-state index is 13.2. The zero-order valence-corrected chi connectivity index (χ0v) is 11.9. The lowest BCUT2D eigenvalue weighted by molar-refractivity contribution is -0.127. The molecule has 0 saturated heterocycles. The Morgan fingerprint density at radius 1 is 1.43 bits per heavy atom. The summed E-state index contributed by atoms with van der Waals surface area (Å²) in [5, 5.41) is 11.6. The Balaban J connectivity index is 2.65. The molecule has 21 heavy (non-hydrogen) atoms. The van der Waals surface area contributed by atoms with Gasteiger partial charge >= 0.3 is 5.97 Å². The second kappa shape index (κ2) is 8.21. The fourth-order valence-electron chi connectivity index (χ4n) is 1.59. The SMILES string of the molecule is COCCCNC(=O)C(C)Oc1cc(F)ccc1C(=O)O. The molecule has 0 bridgehead atoms. The molecule has 0 aliphatic carbocycles. The van der Waals surface area contributed by atoms with Gasteiger partial charge in [0.05, 0.1) is 0 Å². The molecular weight excluding hydrogens is 281 g/mol. The molecule has 0 radical (unpaired) electrons. The van der Waals surface area contributed by atoms with E-state index in [1.54, 1.807) is 7.11 Å². The van der Waals surface area contributed by atoms with Gasteiger partial charge < -0.3 is 19.9 Å². The molecule has 0 spiro atoms. The van der Waals surface area contributed by atoms with Crippen molar-refractivity contribution >= 4 is 11.9 Å². The summed E-state index contributed by atoms with van der Waals surface area (Å²) in [5.74, 6) is -2.48. The number of halogens is 1. The van der Waals surface area contributed by atoms with Crippen LogP contribution in [0.1, 0.15) is 23.7 Å². The van der Waals surface area contributed by atoms with Gasteiger partial charge in [-0.25, -0.2) is 9.18 Å². The van der Waals surface area contributed by atoms with E-state index in [2.05, 4.69) is 5.32 Å². The van der Waals surface area contributed by atoms with Gasteiger partial charge in [-0.05, 0) is 25.5 Å². The largest absolute Gasteiger partial charge is 0.480 e. The monoisotopic (exact) mass is 299 g/mol. The third kappa shape index (κ3) is 5.39. The van der Waals surface area contributed by atoms with Gasteiger partial charge in [-0.3, -0.25) is 4.79 Å². The van der Waals surface area contributed by atoms with Crippen molar-refractivity contribution in [2.45, 2.75) is 19.4 Å². The molecule has 7 heteroatoms. The Morgan fingerprint density at radius 2 is 2.14 bits per heavy atom. The van der Waals surface area contributed by atoms with Crippen molar-refractivity contribution in [1.82, 2.24) is 5.32 Å². The van der Waals surface area contributed by atoms with Crippen LogP contribution in [0.2, 0.25) is 0 Å². The molecule has 0 aliphatic heterocycles. The number of carbonyl (C=O) groups excluding carboxylic acids is 1. The van der Waals surface area contributed by atoms with E-state index < -0.39 is 23.8 Å². The molecule has 0 aromatic heterocycles. The van der Waals surface area contributed by atoms with Gasteiger partial charge in [0, 0.05) is 26.3 Å². The van der Waals surface area contributed by atoms with E-state index in [9.17, 15) is 14.0 Å². The quantitative estimate of drug-likeness (QED) is 0.710. The lowest BCUT2D eigenvalue weighted by atomic mass is 10.2. The molecule has 6 nitrogen and oxygen atoms in total. The molecular formula is C14H18FNO5. The average Bonchev–Trinajstić information content (AvgIpc) is 2.43. The van der Waals surface area contributed by atoms with Crippen molar-refractivity contribution < 1.29 is 28.6 Å². The van der Waals surface area contributed by atoms with E-state index in [1.807, 2.05) is 0 Å². The minimum atomic E-state index is -1.25. The number of methoxy groups -OCH3 is 1. The summed E-state index contributed by atoms with van der Waals surface area (Å²) in [6.45, 7) is 2.39. The predicted octanol–water partition coefficient (Wildman–Crippen LogP) is 1.44. The Bertz CT molecular complexity index is 506. The molecule has 0 heterocycles. The number of carboxylic acids is 1. The van der Waals surface area contributed by atoms with Crippen LogP contribution in [0.5, 0.6) is 5.75 Å². The van der Waals surface area contributed by atoms with E-state index in [1.165, 1.54) is 6.92 Å². The topological polar surface area (TPSA) is 84.9 Å². The summed E-state index contributed by atoms with van der Waals surface area (Å²) in [6.07, 6.45) is -0.289. The summed E-state index contributed by atoms with van der Waals surface area (Å²) >= 11 is 0. The maximum Gasteiger partial charge on any atom is 0.339 e. The second-order valence-electron chi connectivity index (χ2n) is 4.34. The predicted molar refractivity (Wildman–Crippen MR) is 73.0 cm³/mol. The van der Waals surface area contributed by atoms with Crippen LogP contribution < -0.4 is 10.1 Å². The van der Waals surface area contributed by atoms with Gasteiger partial charge in [0.15, 0.2) is 6.10 Å². The van der Waals surface area contributed by atoms with Crippen LogP contribution in [-0.2, 0) is 9.53 Å². The van der Waals surface area contributed by atoms with Gasteiger partial charge in [-0.2, -0.15) is 0 Å². The van der Waals surface area contributed by atoms with E-state index in [4.69, 9.17) is 14.6 Å². The number of hydrogen-bond donors (Lipinski definition) is 2. The average molecular weight is 299 g/mol. The molecule has 0 saturated carbocycles. The van der Waals surface area contributed by atoms with Gasteiger partial charge in [-0.15, -0.1) is 0 Å². The van der Waals surface area contributed by atoms with Crippen molar-refractivity contribution in [2.75, 3.05) is 20.3 Å². The Morgan fingerprint density at radius 3 is 2.76 bits per heavy atom. The first-order valence-electron chi connectivity index (χ1n) is 6.42. The molecule has 1 aromatic rings. The van der Waals surface area contributed by atoms with Crippen molar-refractivity contribution in [3.63, 3.8) is 0 Å². The smallest absolute Gasteiger partial charge is 0.339 e. The van der Waals surface area contributed by atoms with Crippen LogP contribution in [0.15, 0.2) is 18.2 Å². The molecule has 0 aliphatic rings. The standard InChI is InChI=1S/C14H18FNO5/c1-9(13(17)16-6-3-7-20-2)21-12-8-10(15)4-5-11(12)14(18)19/h4-5,8-9H,3,6-7H2,1-2H3,(H,16,17)(H,18,19). The summed E-state index contributed by atoms with van der Waals surface area (Å²) in [5.41, 5.74) is -0.199. The molecule has 1 atom stereocenters. The zero-order valence-electron chi connectivity index (χ0n) is 11.9. The Labute approximate surface area is 121 Å². The number of aromatic carboxylic acids is 1. The van der Waals surface area contributed by atoms with Crippen molar-refractivity contribution in [2.24, 2.45) is 0 Å². The highest BCUT2D eigenvalue weighted by Crippen LogP contribution is 2.21. The number of nitrogens with one attached hydrogen (secondary N) is 1. The molecule has 0 fully saturated rings. The molecule has 2 N–H and O–H groups in total. The number of rotatable bonds is 8. The van der Waals surface area contributed by atoms with Crippen LogP contribution in [0.4, 0.5) is 4.39 Å². The van der Waals surface area contributed by atoms with Crippen LogP contribution in [0.25, 0.3) is 0 Å². The minimum Gasteiger partial charge on any atom is -0.480 e. The number of amides is 1. The third-order valence-corrected chi connectivity index (χ3v) is 2.67. The lowest BCUT2D eigenvalue weighted by Crippen LogP contribution is -2.37. The summed E-state index contributed by atoms with van der Waals surface area (Å²) < 4.78 is 23.2. The molecule has 1 aromatic carbocycles. The highest BCUT2D eigenvalue weighted by molar-refractivity contribution is 5.91. The number of benzene rings is 1. The molecule has 116 valence electrons. The van der Waals surface area contributed by atoms with Gasteiger partial charge in [0.1, 0.15) is 17.1 Å².